The number of benzene rings is 3. The SMILES string of the molecule is Cc1ccccc1CN1CCN(C(=O)c2cccc(COc3ccccc3C(N)=O)c2)CC1. The summed E-state index contributed by atoms with van der Waals surface area (Å²) in [6.45, 7) is 6.41. The number of carbonyl (C=O) groups is 2. The zero-order valence-corrected chi connectivity index (χ0v) is 18.9. The normalized spacial score (nSPS) is 14.2. The fraction of sp³-hybridized carbons (Fsp3) is 0.259. The maximum absolute atomic E-state index is 13.1. The van der Waals surface area contributed by atoms with Crippen LogP contribution >= 0.6 is 0 Å². The number of nitrogens with zero attached hydrogens (tertiary/aromatic N) is 2. The highest BCUT2D eigenvalue weighted by Gasteiger charge is 2.22. The third-order valence-electron chi connectivity index (χ3n) is 6.04. The summed E-state index contributed by atoms with van der Waals surface area (Å²) in [6.07, 6.45) is 0. The van der Waals surface area contributed by atoms with Gasteiger partial charge in [-0.1, -0.05) is 48.5 Å². The molecular weight excluding hydrogens is 414 g/mol. The van der Waals surface area contributed by atoms with E-state index in [-0.39, 0.29) is 12.5 Å². The molecular formula is C27H29N3O3. The molecule has 2 N–H and O–H groups in total. The molecule has 0 unspecified atom stereocenters. The maximum Gasteiger partial charge on any atom is 0.253 e. The van der Waals surface area contributed by atoms with Crippen molar-refractivity contribution in [1.82, 2.24) is 9.80 Å². The van der Waals surface area contributed by atoms with Gasteiger partial charge in [0.1, 0.15) is 12.4 Å². The molecule has 0 spiro atoms. The first-order valence-electron chi connectivity index (χ1n) is 11.2. The van der Waals surface area contributed by atoms with Gasteiger partial charge < -0.3 is 15.4 Å². The van der Waals surface area contributed by atoms with Crippen molar-refractivity contribution in [3.63, 3.8) is 0 Å². The van der Waals surface area contributed by atoms with Crippen molar-refractivity contribution in [3.05, 3.63) is 101 Å². The molecule has 170 valence electrons. The lowest BCUT2D eigenvalue weighted by atomic mass is 10.1. The second-order valence-electron chi connectivity index (χ2n) is 8.34. The fourth-order valence-electron chi connectivity index (χ4n) is 4.07. The molecule has 2 amide bonds. The Morgan fingerprint density at radius 2 is 1.64 bits per heavy atom. The Balaban J connectivity index is 1.34. The number of piperazine rings is 1. The van der Waals surface area contributed by atoms with Gasteiger partial charge in [0.25, 0.3) is 11.8 Å². The van der Waals surface area contributed by atoms with Gasteiger partial charge in [-0.3, -0.25) is 14.5 Å². The monoisotopic (exact) mass is 443 g/mol. The van der Waals surface area contributed by atoms with Gasteiger partial charge in [-0.25, -0.2) is 0 Å². The number of rotatable bonds is 7. The molecule has 6 heteroatoms. The number of nitrogens with two attached hydrogens (primary N) is 1. The molecule has 1 aliphatic rings. The molecule has 1 saturated heterocycles. The second kappa shape index (κ2) is 10.3. The highest BCUT2D eigenvalue weighted by atomic mass is 16.5. The predicted molar refractivity (Wildman–Crippen MR) is 128 cm³/mol. The topological polar surface area (TPSA) is 75.9 Å². The van der Waals surface area contributed by atoms with Crippen LogP contribution in [0, 0.1) is 6.92 Å². The minimum absolute atomic E-state index is 0.0323. The van der Waals surface area contributed by atoms with Crippen molar-refractivity contribution in [1.29, 1.82) is 0 Å². The highest BCUT2D eigenvalue weighted by Crippen LogP contribution is 2.20. The summed E-state index contributed by atoms with van der Waals surface area (Å²) in [7, 11) is 0. The zero-order valence-electron chi connectivity index (χ0n) is 18.9. The molecule has 4 rings (SSSR count). The number of hydrogen-bond acceptors (Lipinski definition) is 4. The van der Waals surface area contributed by atoms with Crippen molar-refractivity contribution in [2.45, 2.75) is 20.1 Å². The van der Waals surface area contributed by atoms with Crippen molar-refractivity contribution >= 4 is 11.8 Å². The van der Waals surface area contributed by atoms with E-state index in [0.717, 1.165) is 25.2 Å². The number of ether oxygens (including phenoxy) is 1. The van der Waals surface area contributed by atoms with Crippen LogP contribution in [0.2, 0.25) is 0 Å². The van der Waals surface area contributed by atoms with Crippen LogP contribution in [0.25, 0.3) is 0 Å². The molecule has 33 heavy (non-hydrogen) atoms. The smallest absolute Gasteiger partial charge is 0.253 e. The predicted octanol–water partition coefficient (Wildman–Crippen LogP) is 3.63. The van der Waals surface area contributed by atoms with E-state index in [0.29, 0.717) is 30.0 Å². The van der Waals surface area contributed by atoms with Gasteiger partial charge in [-0.15, -0.1) is 0 Å². The average molecular weight is 444 g/mol. The van der Waals surface area contributed by atoms with Gasteiger partial charge in [0.15, 0.2) is 0 Å². The van der Waals surface area contributed by atoms with Gasteiger partial charge >= 0.3 is 0 Å². The average Bonchev–Trinajstić information content (AvgIpc) is 2.84. The van der Waals surface area contributed by atoms with Crippen LogP contribution in [0.1, 0.15) is 37.4 Å². The number of hydrogen-bond donors (Lipinski definition) is 1. The summed E-state index contributed by atoms with van der Waals surface area (Å²) in [4.78, 5) is 29.0. The molecule has 0 aliphatic carbocycles. The fourth-order valence-corrected chi connectivity index (χ4v) is 4.07. The highest BCUT2D eigenvalue weighted by molar-refractivity contribution is 5.95. The number of aryl methyl sites for hydroxylation is 1. The number of carbonyl (C=O) groups excluding carboxylic acids is 2. The molecule has 1 heterocycles. The van der Waals surface area contributed by atoms with Gasteiger partial charge in [-0.05, 0) is 47.9 Å². The first-order chi connectivity index (χ1) is 16.0. The van der Waals surface area contributed by atoms with Crippen LogP contribution in [0.5, 0.6) is 5.75 Å². The van der Waals surface area contributed by atoms with E-state index in [1.54, 1.807) is 24.3 Å². The van der Waals surface area contributed by atoms with E-state index >= 15 is 0 Å². The van der Waals surface area contributed by atoms with E-state index in [1.807, 2.05) is 29.2 Å². The van der Waals surface area contributed by atoms with E-state index in [2.05, 4.69) is 36.1 Å². The van der Waals surface area contributed by atoms with Crippen LogP contribution in [0.15, 0.2) is 72.8 Å². The van der Waals surface area contributed by atoms with Crippen LogP contribution in [0.4, 0.5) is 0 Å². The Kier molecular flexibility index (Phi) is 7.05. The Bertz CT molecular complexity index is 1140. The van der Waals surface area contributed by atoms with E-state index in [4.69, 9.17) is 10.5 Å². The van der Waals surface area contributed by atoms with Gasteiger partial charge in [0.05, 0.1) is 5.56 Å². The summed E-state index contributed by atoms with van der Waals surface area (Å²) in [5.41, 5.74) is 9.90. The van der Waals surface area contributed by atoms with Crippen LogP contribution < -0.4 is 10.5 Å². The van der Waals surface area contributed by atoms with Crippen LogP contribution in [-0.4, -0.2) is 47.8 Å². The summed E-state index contributed by atoms with van der Waals surface area (Å²) >= 11 is 0. The molecule has 0 saturated carbocycles. The summed E-state index contributed by atoms with van der Waals surface area (Å²) in [5.74, 6) is -0.0625. The third kappa shape index (κ3) is 5.59. The third-order valence-corrected chi connectivity index (χ3v) is 6.04. The molecule has 3 aromatic rings. The minimum Gasteiger partial charge on any atom is -0.488 e. The molecule has 1 fully saturated rings. The van der Waals surface area contributed by atoms with Gasteiger partial charge in [0, 0.05) is 38.3 Å². The zero-order chi connectivity index (χ0) is 23.2. The minimum atomic E-state index is -0.531. The quantitative estimate of drug-likeness (QED) is 0.605. The van der Waals surface area contributed by atoms with Crippen molar-refractivity contribution < 1.29 is 14.3 Å². The molecule has 6 nitrogen and oxygen atoms in total. The summed E-state index contributed by atoms with van der Waals surface area (Å²) in [5, 5.41) is 0. The summed E-state index contributed by atoms with van der Waals surface area (Å²) < 4.78 is 5.81. The molecule has 0 bridgehead atoms. The van der Waals surface area contributed by atoms with Crippen molar-refractivity contribution in [3.8, 4) is 5.75 Å². The Morgan fingerprint density at radius 3 is 2.39 bits per heavy atom. The number of primary amides is 1. The molecule has 3 aromatic carbocycles. The maximum atomic E-state index is 13.1. The number of amides is 2. The molecule has 1 aliphatic heterocycles. The Labute approximate surface area is 194 Å². The number of para-hydroxylation sites is 1. The van der Waals surface area contributed by atoms with Crippen LogP contribution in [0.3, 0.4) is 0 Å². The van der Waals surface area contributed by atoms with Gasteiger partial charge in [0.2, 0.25) is 0 Å². The standard InChI is InChI=1S/C27H29N3O3/c1-20-7-2-3-9-23(20)18-29-13-15-30(16-14-29)27(32)22-10-6-8-21(17-22)19-33-25-12-5-4-11-24(25)26(28)31/h2-12,17H,13-16,18-19H2,1H3,(H2,28,31). The molecule has 0 aromatic heterocycles. The Hall–Kier alpha value is -3.64. The van der Waals surface area contributed by atoms with Crippen molar-refractivity contribution in [2.24, 2.45) is 5.73 Å². The van der Waals surface area contributed by atoms with Crippen molar-refractivity contribution in [2.75, 3.05) is 26.2 Å². The lowest BCUT2D eigenvalue weighted by Gasteiger charge is -2.35. The molecule has 0 atom stereocenters. The lowest BCUT2D eigenvalue weighted by molar-refractivity contribution is 0.0628. The molecule has 0 radical (unpaired) electrons. The van der Waals surface area contributed by atoms with Gasteiger partial charge in [-0.2, -0.15) is 0 Å². The summed E-state index contributed by atoms with van der Waals surface area (Å²) in [6, 6.07) is 22.8. The van der Waals surface area contributed by atoms with Crippen LogP contribution in [-0.2, 0) is 13.2 Å². The lowest BCUT2D eigenvalue weighted by Crippen LogP contribution is -2.48. The van der Waals surface area contributed by atoms with E-state index < -0.39 is 5.91 Å². The van der Waals surface area contributed by atoms with E-state index in [9.17, 15) is 9.59 Å². The first kappa shape index (κ1) is 22.6. The first-order valence-corrected chi connectivity index (χ1v) is 11.2. The largest absolute Gasteiger partial charge is 0.488 e. The second-order valence-corrected chi connectivity index (χ2v) is 8.34. The Morgan fingerprint density at radius 1 is 0.909 bits per heavy atom. The van der Waals surface area contributed by atoms with E-state index in [1.165, 1.54) is 11.1 Å².